The predicted molar refractivity (Wildman–Crippen MR) is 171 cm³/mol. The highest BCUT2D eigenvalue weighted by atomic mass is 16.6. The molecule has 3 heterocycles. The Balaban J connectivity index is 1.27. The monoisotopic (exact) mass is 623 g/mol. The fourth-order valence-corrected chi connectivity index (χ4v) is 5.41. The second kappa shape index (κ2) is 15.5. The van der Waals surface area contributed by atoms with E-state index in [2.05, 4.69) is 20.3 Å². The molecule has 0 aliphatic carbocycles. The fourth-order valence-electron chi connectivity index (χ4n) is 5.41. The second-order valence-corrected chi connectivity index (χ2v) is 10.9. The van der Waals surface area contributed by atoms with Crippen LogP contribution in [-0.4, -0.2) is 63.2 Å². The molecule has 1 aliphatic rings. The van der Waals surface area contributed by atoms with Crippen molar-refractivity contribution < 1.29 is 28.5 Å². The van der Waals surface area contributed by atoms with Gasteiger partial charge in [-0.3, -0.25) is 5.32 Å². The first-order valence-corrected chi connectivity index (χ1v) is 15.4. The maximum atomic E-state index is 12.1. The van der Waals surface area contributed by atoms with Crippen LogP contribution in [0.1, 0.15) is 23.6 Å². The number of carbonyl (C=O) groups excluding carboxylic acids is 1. The van der Waals surface area contributed by atoms with Crippen LogP contribution in [0.5, 0.6) is 0 Å². The lowest BCUT2D eigenvalue weighted by atomic mass is 9.98. The quantitative estimate of drug-likeness (QED) is 0.180. The first-order valence-electron chi connectivity index (χ1n) is 15.4. The number of hydrogen-bond donors (Lipinski definition) is 1. The first-order chi connectivity index (χ1) is 22.7. The summed E-state index contributed by atoms with van der Waals surface area (Å²) < 4.78 is 33.2. The largest absolute Gasteiger partial charge is 0.450 e. The SMILES string of the molecule is CCOC(=O)Nc1ncnc2c1ncn2CC1OCC(OCc2ccccc2)C(OCc2ccccc2)C1OCc1ccccc1. The molecule has 1 aliphatic heterocycles. The third kappa shape index (κ3) is 7.93. The summed E-state index contributed by atoms with van der Waals surface area (Å²) in [6.45, 7) is 3.80. The van der Waals surface area contributed by atoms with E-state index in [1.165, 1.54) is 6.33 Å². The van der Waals surface area contributed by atoms with Crippen molar-refractivity contribution in [2.24, 2.45) is 0 Å². The first kappa shape index (κ1) is 31.3. The number of rotatable bonds is 13. The number of hydrogen-bond acceptors (Lipinski definition) is 9. The minimum Gasteiger partial charge on any atom is -0.450 e. The highest BCUT2D eigenvalue weighted by Gasteiger charge is 2.43. The van der Waals surface area contributed by atoms with Crippen molar-refractivity contribution >= 4 is 23.1 Å². The summed E-state index contributed by atoms with van der Waals surface area (Å²) in [4.78, 5) is 25.3. The highest BCUT2D eigenvalue weighted by molar-refractivity contribution is 5.93. The molecule has 4 atom stereocenters. The van der Waals surface area contributed by atoms with Gasteiger partial charge < -0.3 is 28.3 Å². The lowest BCUT2D eigenvalue weighted by molar-refractivity contribution is -0.240. The predicted octanol–water partition coefficient (Wildman–Crippen LogP) is 5.55. The number of carbonyl (C=O) groups is 1. The smallest absolute Gasteiger partial charge is 0.412 e. The lowest BCUT2D eigenvalue weighted by Gasteiger charge is -2.42. The molecule has 0 bridgehead atoms. The van der Waals surface area contributed by atoms with E-state index in [1.807, 2.05) is 95.6 Å². The number of anilines is 1. The molecule has 0 radical (unpaired) electrons. The zero-order chi connectivity index (χ0) is 31.6. The van der Waals surface area contributed by atoms with Crippen LogP contribution in [-0.2, 0) is 50.0 Å². The molecule has 46 heavy (non-hydrogen) atoms. The Labute approximate surface area is 267 Å². The van der Waals surface area contributed by atoms with Crippen molar-refractivity contribution in [2.75, 3.05) is 18.5 Å². The number of nitrogens with one attached hydrogen (secondary N) is 1. The Morgan fingerprint density at radius 1 is 0.804 bits per heavy atom. The van der Waals surface area contributed by atoms with Crippen molar-refractivity contribution in [3.05, 3.63) is 120 Å². The molecule has 0 saturated carbocycles. The molecule has 1 N–H and O–H groups in total. The average molecular weight is 624 g/mol. The second-order valence-electron chi connectivity index (χ2n) is 10.9. The number of imidazole rings is 1. The van der Waals surface area contributed by atoms with E-state index in [4.69, 9.17) is 23.7 Å². The maximum Gasteiger partial charge on any atom is 0.412 e. The van der Waals surface area contributed by atoms with E-state index < -0.39 is 24.4 Å². The molecule has 6 rings (SSSR count). The third-order valence-electron chi connectivity index (χ3n) is 7.68. The van der Waals surface area contributed by atoms with Gasteiger partial charge in [-0.2, -0.15) is 0 Å². The third-order valence-corrected chi connectivity index (χ3v) is 7.68. The minimum absolute atomic E-state index is 0.238. The van der Waals surface area contributed by atoms with Crippen molar-refractivity contribution in [1.82, 2.24) is 19.5 Å². The van der Waals surface area contributed by atoms with Crippen molar-refractivity contribution in [1.29, 1.82) is 0 Å². The van der Waals surface area contributed by atoms with E-state index >= 15 is 0 Å². The number of nitrogens with zero attached hydrogens (tertiary/aromatic N) is 4. The molecule has 0 spiro atoms. The summed E-state index contributed by atoms with van der Waals surface area (Å²) in [6, 6.07) is 30.1. The number of aromatic nitrogens is 4. The number of ether oxygens (including phenoxy) is 5. The van der Waals surface area contributed by atoms with Gasteiger partial charge in [0.25, 0.3) is 0 Å². The normalized spacial score (nSPS) is 19.6. The summed E-state index contributed by atoms with van der Waals surface area (Å²) in [6.07, 6.45) is 0.657. The number of amides is 1. The van der Waals surface area contributed by atoms with Crippen LogP contribution < -0.4 is 5.32 Å². The van der Waals surface area contributed by atoms with Gasteiger partial charge in [0.05, 0.1) is 45.9 Å². The van der Waals surface area contributed by atoms with Crippen molar-refractivity contribution in [2.45, 2.75) is 57.7 Å². The van der Waals surface area contributed by atoms with Gasteiger partial charge in [0, 0.05) is 0 Å². The van der Waals surface area contributed by atoms with Crippen molar-refractivity contribution in [3.63, 3.8) is 0 Å². The molecular formula is C35H37N5O6. The molecule has 1 fully saturated rings. The molecule has 5 aromatic rings. The Morgan fingerprint density at radius 3 is 2.00 bits per heavy atom. The van der Waals surface area contributed by atoms with E-state index in [9.17, 15) is 4.79 Å². The number of fused-ring (bicyclic) bond motifs is 1. The molecule has 238 valence electrons. The zero-order valence-corrected chi connectivity index (χ0v) is 25.6. The molecule has 1 amide bonds. The Kier molecular flexibility index (Phi) is 10.6. The van der Waals surface area contributed by atoms with Crippen LogP contribution in [0.2, 0.25) is 0 Å². The molecular weight excluding hydrogens is 586 g/mol. The van der Waals surface area contributed by atoms with Crippen LogP contribution in [0.4, 0.5) is 10.6 Å². The Bertz CT molecular complexity index is 1670. The fraction of sp³-hybridized carbons (Fsp3) is 0.314. The lowest BCUT2D eigenvalue weighted by Crippen LogP contribution is -2.57. The van der Waals surface area contributed by atoms with E-state index in [0.717, 1.165) is 16.7 Å². The number of benzene rings is 3. The van der Waals surface area contributed by atoms with Gasteiger partial charge in [0.1, 0.15) is 30.7 Å². The van der Waals surface area contributed by atoms with Crippen LogP contribution in [0.3, 0.4) is 0 Å². The molecule has 3 aromatic carbocycles. The molecule has 1 saturated heterocycles. The van der Waals surface area contributed by atoms with Gasteiger partial charge in [-0.1, -0.05) is 91.0 Å². The topological polar surface area (TPSA) is 119 Å². The van der Waals surface area contributed by atoms with E-state index in [1.54, 1.807) is 13.3 Å². The summed E-state index contributed by atoms with van der Waals surface area (Å²) in [7, 11) is 0. The van der Waals surface area contributed by atoms with Gasteiger partial charge in [-0.15, -0.1) is 0 Å². The Hall–Kier alpha value is -4.68. The Morgan fingerprint density at radius 2 is 1.39 bits per heavy atom. The van der Waals surface area contributed by atoms with Crippen molar-refractivity contribution in [3.8, 4) is 0 Å². The maximum absolute atomic E-state index is 12.1. The van der Waals surface area contributed by atoms with Gasteiger partial charge in [-0.05, 0) is 23.6 Å². The molecule has 2 aromatic heterocycles. The van der Waals surface area contributed by atoms with Crippen LogP contribution in [0, 0.1) is 0 Å². The molecule has 4 unspecified atom stereocenters. The molecule has 11 nitrogen and oxygen atoms in total. The van der Waals surface area contributed by atoms with Gasteiger partial charge in [0.2, 0.25) is 0 Å². The zero-order valence-electron chi connectivity index (χ0n) is 25.6. The standard InChI is InChI=1S/C35H37N5O6/c1-2-42-35(41)39-33-30-34(37-23-36-33)40(24-38-30)18-28-31(45-20-26-14-8-4-9-15-26)32(46-21-27-16-10-5-11-17-27)29(22-44-28)43-19-25-12-6-3-7-13-25/h3-17,23-24,28-29,31-32H,2,18-22H2,1H3,(H,36,37,39,41). The van der Waals surface area contributed by atoms with Crippen LogP contribution in [0.15, 0.2) is 104 Å². The van der Waals surface area contributed by atoms with E-state index in [-0.39, 0.29) is 18.5 Å². The highest BCUT2D eigenvalue weighted by Crippen LogP contribution is 2.29. The summed E-state index contributed by atoms with van der Waals surface area (Å²) in [5, 5.41) is 2.64. The van der Waals surface area contributed by atoms with Gasteiger partial charge in [0.15, 0.2) is 17.0 Å². The minimum atomic E-state index is -0.609. The summed E-state index contributed by atoms with van der Waals surface area (Å²) in [5.74, 6) is 0.266. The summed E-state index contributed by atoms with van der Waals surface area (Å²) >= 11 is 0. The van der Waals surface area contributed by atoms with Crippen LogP contribution in [0.25, 0.3) is 11.2 Å². The van der Waals surface area contributed by atoms with Gasteiger partial charge >= 0.3 is 6.09 Å². The van der Waals surface area contributed by atoms with E-state index in [0.29, 0.717) is 44.1 Å². The molecule has 11 heteroatoms. The van der Waals surface area contributed by atoms with Crippen LogP contribution >= 0.6 is 0 Å². The van der Waals surface area contributed by atoms with Gasteiger partial charge in [-0.25, -0.2) is 19.7 Å². The summed E-state index contributed by atoms with van der Waals surface area (Å²) in [5.41, 5.74) is 4.12. The average Bonchev–Trinajstić information content (AvgIpc) is 3.51.